The minimum absolute atomic E-state index is 0.0382. The molecule has 0 aromatic carbocycles. The second-order valence-corrected chi connectivity index (χ2v) is 5.11. The SMILES string of the molecule is O=C1C2CCCCC2C(=O)N1CCc1ncc[nH]1. The molecule has 2 unspecified atom stereocenters. The molecule has 3 rings (SSSR count). The molecule has 2 aliphatic rings. The molecule has 1 aliphatic heterocycles. The van der Waals surface area contributed by atoms with E-state index < -0.39 is 0 Å². The summed E-state index contributed by atoms with van der Waals surface area (Å²) in [6, 6.07) is 0. The van der Waals surface area contributed by atoms with Crippen molar-refractivity contribution in [2.75, 3.05) is 6.54 Å². The molecule has 0 spiro atoms. The Morgan fingerprint density at radius 3 is 2.44 bits per heavy atom. The summed E-state index contributed by atoms with van der Waals surface area (Å²) in [5.74, 6) is 0.823. The Balaban J connectivity index is 1.68. The first kappa shape index (κ1) is 11.4. The average molecular weight is 247 g/mol. The quantitative estimate of drug-likeness (QED) is 0.814. The van der Waals surface area contributed by atoms with Gasteiger partial charge in [0.2, 0.25) is 11.8 Å². The maximum Gasteiger partial charge on any atom is 0.233 e. The topological polar surface area (TPSA) is 66.1 Å². The van der Waals surface area contributed by atoms with Gasteiger partial charge in [0, 0.05) is 25.4 Å². The van der Waals surface area contributed by atoms with E-state index in [2.05, 4.69) is 9.97 Å². The summed E-state index contributed by atoms with van der Waals surface area (Å²) in [6.45, 7) is 0.457. The maximum atomic E-state index is 12.2. The van der Waals surface area contributed by atoms with Crippen LogP contribution < -0.4 is 0 Å². The standard InChI is InChI=1S/C13H17N3O2/c17-12-9-3-1-2-4-10(9)13(18)16(12)8-5-11-14-6-7-15-11/h6-7,9-10H,1-5,8H2,(H,14,15). The van der Waals surface area contributed by atoms with E-state index in [1.165, 1.54) is 4.90 Å². The number of nitrogens with zero attached hydrogens (tertiary/aromatic N) is 2. The molecule has 2 heterocycles. The van der Waals surface area contributed by atoms with Gasteiger partial charge in [0.15, 0.2) is 0 Å². The molecule has 2 fully saturated rings. The summed E-state index contributed by atoms with van der Waals surface area (Å²) in [7, 11) is 0. The summed E-state index contributed by atoms with van der Waals surface area (Å²) in [5.41, 5.74) is 0. The molecule has 1 aromatic heterocycles. The monoisotopic (exact) mass is 247 g/mol. The number of likely N-dealkylation sites (tertiary alicyclic amines) is 1. The average Bonchev–Trinajstić information content (AvgIpc) is 2.98. The first-order valence-electron chi connectivity index (χ1n) is 6.61. The fraction of sp³-hybridized carbons (Fsp3) is 0.615. The molecule has 5 heteroatoms. The molecule has 1 saturated heterocycles. The molecule has 5 nitrogen and oxygen atoms in total. The molecule has 96 valence electrons. The van der Waals surface area contributed by atoms with Gasteiger partial charge >= 0.3 is 0 Å². The second-order valence-electron chi connectivity index (χ2n) is 5.11. The van der Waals surface area contributed by atoms with E-state index in [0.717, 1.165) is 31.5 Å². The lowest BCUT2D eigenvalue weighted by Crippen LogP contribution is -2.33. The Morgan fingerprint density at radius 1 is 1.22 bits per heavy atom. The smallest absolute Gasteiger partial charge is 0.233 e. The zero-order valence-electron chi connectivity index (χ0n) is 10.3. The van der Waals surface area contributed by atoms with Crippen LogP contribution in [-0.4, -0.2) is 33.2 Å². The number of aromatic nitrogens is 2. The molecule has 1 aliphatic carbocycles. The number of H-pyrrole nitrogens is 1. The summed E-state index contributed by atoms with van der Waals surface area (Å²) < 4.78 is 0. The van der Waals surface area contributed by atoms with Crippen molar-refractivity contribution < 1.29 is 9.59 Å². The Hall–Kier alpha value is -1.65. The van der Waals surface area contributed by atoms with Crippen molar-refractivity contribution in [1.82, 2.24) is 14.9 Å². The van der Waals surface area contributed by atoms with E-state index in [0.29, 0.717) is 13.0 Å². The van der Waals surface area contributed by atoms with Gasteiger partial charge in [-0.05, 0) is 12.8 Å². The minimum atomic E-state index is -0.0390. The Morgan fingerprint density at radius 2 is 1.89 bits per heavy atom. The number of imidazole rings is 1. The third-order valence-corrected chi connectivity index (χ3v) is 4.06. The third-order valence-electron chi connectivity index (χ3n) is 4.06. The Bertz CT molecular complexity index is 431. The first-order chi connectivity index (χ1) is 8.77. The van der Waals surface area contributed by atoms with Crippen molar-refractivity contribution in [3.8, 4) is 0 Å². The van der Waals surface area contributed by atoms with E-state index in [1.54, 1.807) is 12.4 Å². The van der Waals surface area contributed by atoms with Crippen LogP contribution in [0.1, 0.15) is 31.5 Å². The number of amides is 2. The van der Waals surface area contributed by atoms with Crippen molar-refractivity contribution in [2.45, 2.75) is 32.1 Å². The highest BCUT2D eigenvalue weighted by molar-refractivity contribution is 6.05. The lowest BCUT2D eigenvalue weighted by atomic mass is 9.81. The molecule has 1 N–H and O–H groups in total. The van der Waals surface area contributed by atoms with Gasteiger partial charge in [0.25, 0.3) is 0 Å². The van der Waals surface area contributed by atoms with E-state index >= 15 is 0 Å². The minimum Gasteiger partial charge on any atom is -0.349 e. The maximum absolute atomic E-state index is 12.2. The van der Waals surface area contributed by atoms with E-state index in [1.807, 2.05) is 0 Å². The molecular weight excluding hydrogens is 230 g/mol. The first-order valence-corrected chi connectivity index (χ1v) is 6.61. The van der Waals surface area contributed by atoms with Gasteiger partial charge in [-0.15, -0.1) is 0 Å². The molecule has 0 bridgehead atoms. The van der Waals surface area contributed by atoms with Crippen LogP contribution >= 0.6 is 0 Å². The fourth-order valence-corrected chi connectivity index (χ4v) is 3.10. The van der Waals surface area contributed by atoms with Gasteiger partial charge in [-0.1, -0.05) is 12.8 Å². The van der Waals surface area contributed by atoms with Gasteiger partial charge in [0.1, 0.15) is 5.82 Å². The van der Waals surface area contributed by atoms with Crippen LogP contribution in [0, 0.1) is 11.8 Å². The second kappa shape index (κ2) is 4.55. The lowest BCUT2D eigenvalue weighted by molar-refractivity contribution is -0.139. The van der Waals surface area contributed by atoms with Gasteiger partial charge in [-0.2, -0.15) is 0 Å². The molecule has 2 atom stereocenters. The molecule has 1 aromatic rings. The van der Waals surface area contributed by atoms with Crippen molar-refractivity contribution in [3.63, 3.8) is 0 Å². The van der Waals surface area contributed by atoms with E-state index in [9.17, 15) is 9.59 Å². The Kier molecular flexibility index (Phi) is 2.89. The van der Waals surface area contributed by atoms with Gasteiger partial charge < -0.3 is 4.98 Å². The fourth-order valence-electron chi connectivity index (χ4n) is 3.10. The summed E-state index contributed by atoms with van der Waals surface area (Å²) in [6.07, 6.45) is 7.97. The van der Waals surface area contributed by atoms with Crippen LogP contribution in [0.25, 0.3) is 0 Å². The number of hydrogen-bond acceptors (Lipinski definition) is 3. The Labute approximate surface area is 106 Å². The summed E-state index contributed by atoms with van der Waals surface area (Å²) in [4.78, 5) is 32.9. The highest BCUT2D eigenvalue weighted by atomic mass is 16.2. The van der Waals surface area contributed by atoms with Crippen LogP contribution in [0.5, 0.6) is 0 Å². The number of carbonyl (C=O) groups is 2. The summed E-state index contributed by atoms with van der Waals surface area (Å²) in [5, 5.41) is 0. The van der Waals surface area contributed by atoms with E-state index in [4.69, 9.17) is 0 Å². The van der Waals surface area contributed by atoms with Crippen molar-refractivity contribution >= 4 is 11.8 Å². The number of imide groups is 1. The zero-order chi connectivity index (χ0) is 12.5. The largest absolute Gasteiger partial charge is 0.349 e. The third kappa shape index (κ3) is 1.83. The van der Waals surface area contributed by atoms with Crippen LogP contribution in [-0.2, 0) is 16.0 Å². The number of hydrogen-bond donors (Lipinski definition) is 1. The predicted octanol–water partition coefficient (Wildman–Crippen LogP) is 1.13. The van der Waals surface area contributed by atoms with Gasteiger partial charge in [-0.3, -0.25) is 14.5 Å². The highest BCUT2D eigenvalue weighted by Crippen LogP contribution is 2.37. The van der Waals surface area contributed by atoms with Crippen molar-refractivity contribution in [1.29, 1.82) is 0 Å². The molecular formula is C13H17N3O2. The van der Waals surface area contributed by atoms with Crippen molar-refractivity contribution in [2.24, 2.45) is 11.8 Å². The number of aromatic amines is 1. The predicted molar refractivity (Wildman–Crippen MR) is 64.5 cm³/mol. The number of nitrogens with one attached hydrogen (secondary N) is 1. The highest BCUT2D eigenvalue weighted by Gasteiger charge is 2.47. The van der Waals surface area contributed by atoms with Crippen LogP contribution in [0.2, 0.25) is 0 Å². The number of carbonyl (C=O) groups excluding carboxylic acids is 2. The molecule has 1 saturated carbocycles. The van der Waals surface area contributed by atoms with Gasteiger partial charge in [0.05, 0.1) is 11.8 Å². The number of fused-ring (bicyclic) bond motifs is 1. The van der Waals surface area contributed by atoms with Crippen molar-refractivity contribution in [3.05, 3.63) is 18.2 Å². The summed E-state index contributed by atoms with van der Waals surface area (Å²) >= 11 is 0. The normalized spacial score (nSPS) is 27.7. The molecule has 0 radical (unpaired) electrons. The van der Waals surface area contributed by atoms with E-state index in [-0.39, 0.29) is 23.7 Å². The lowest BCUT2D eigenvalue weighted by Gasteiger charge is -2.19. The molecule has 2 amide bonds. The van der Waals surface area contributed by atoms with Crippen LogP contribution in [0.3, 0.4) is 0 Å². The van der Waals surface area contributed by atoms with Crippen LogP contribution in [0.4, 0.5) is 0 Å². The van der Waals surface area contributed by atoms with Crippen LogP contribution in [0.15, 0.2) is 12.4 Å². The van der Waals surface area contributed by atoms with Gasteiger partial charge in [-0.25, -0.2) is 4.98 Å². The zero-order valence-corrected chi connectivity index (χ0v) is 10.3. The number of rotatable bonds is 3. The molecule has 18 heavy (non-hydrogen) atoms.